The van der Waals surface area contributed by atoms with Gasteiger partial charge in [0.2, 0.25) is 11.8 Å². The van der Waals surface area contributed by atoms with E-state index in [1.54, 1.807) is 39.0 Å². The van der Waals surface area contributed by atoms with Crippen molar-refractivity contribution in [2.45, 2.75) is 33.2 Å². The Morgan fingerprint density at radius 2 is 1.68 bits per heavy atom. The molecule has 2 aliphatic heterocycles. The molecular weight excluding hydrogens is 358 g/mol. The number of rotatable bonds is 5. The quantitative estimate of drug-likeness (QED) is 0.770. The lowest BCUT2D eigenvalue weighted by Gasteiger charge is -2.36. The number of piperazine rings is 1. The molecular formula is C21H29N3O4. The van der Waals surface area contributed by atoms with Gasteiger partial charge in [0.15, 0.2) is 0 Å². The van der Waals surface area contributed by atoms with Gasteiger partial charge in [-0.2, -0.15) is 0 Å². The van der Waals surface area contributed by atoms with E-state index >= 15 is 0 Å². The summed E-state index contributed by atoms with van der Waals surface area (Å²) in [5.74, 6) is 0.541. The number of benzene rings is 1. The van der Waals surface area contributed by atoms with Gasteiger partial charge in [-0.25, -0.2) is 0 Å². The van der Waals surface area contributed by atoms with Crippen molar-refractivity contribution >= 4 is 17.7 Å². The van der Waals surface area contributed by atoms with E-state index in [1.807, 2.05) is 20.8 Å². The molecule has 0 aliphatic carbocycles. The van der Waals surface area contributed by atoms with Crippen LogP contribution in [0.25, 0.3) is 0 Å². The van der Waals surface area contributed by atoms with Gasteiger partial charge in [0, 0.05) is 50.7 Å². The molecule has 28 heavy (non-hydrogen) atoms. The zero-order chi connectivity index (χ0) is 20.3. The molecule has 0 aromatic heterocycles. The Bertz CT molecular complexity index is 724. The molecule has 3 amide bonds. The monoisotopic (exact) mass is 387 g/mol. The summed E-state index contributed by atoms with van der Waals surface area (Å²) < 4.78 is 5.41. The molecule has 1 aromatic carbocycles. The number of hydrogen-bond acceptors (Lipinski definition) is 4. The first-order valence-electron chi connectivity index (χ1n) is 10.0. The van der Waals surface area contributed by atoms with E-state index in [2.05, 4.69) is 0 Å². The summed E-state index contributed by atoms with van der Waals surface area (Å²) in [5.41, 5.74) is 0.622. The van der Waals surface area contributed by atoms with Crippen LogP contribution in [0, 0.1) is 5.92 Å². The first kappa shape index (κ1) is 20.2. The maximum absolute atomic E-state index is 12.8. The molecule has 7 nitrogen and oxygen atoms in total. The standard InChI is InChI=1S/C21H29N3O4/c1-4-28-18-7-5-16(6-8-18)20(26)22-9-11-23(12-10-22)21(27)17-13-19(25)24(14-17)15(2)3/h5-8,15,17H,4,9-14H2,1-3H3. The molecule has 0 bridgehead atoms. The minimum absolute atomic E-state index is 0.0304. The summed E-state index contributed by atoms with van der Waals surface area (Å²) >= 11 is 0. The summed E-state index contributed by atoms with van der Waals surface area (Å²) in [4.78, 5) is 42.9. The third-order valence-electron chi connectivity index (χ3n) is 5.42. The maximum atomic E-state index is 12.8. The fourth-order valence-corrected chi connectivity index (χ4v) is 3.83. The molecule has 2 saturated heterocycles. The molecule has 0 saturated carbocycles. The number of carbonyl (C=O) groups excluding carboxylic acids is 3. The van der Waals surface area contributed by atoms with Crippen LogP contribution < -0.4 is 4.74 Å². The molecule has 1 atom stereocenters. The van der Waals surface area contributed by atoms with E-state index < -0.39 is 0 Å². The Morgan fingerprint density at radius 1 is 1.07 bits per heavy atom. The van der Waals surface area contributed by atoms with Crippen LogP contribution in [0.2, 0.25) is 0 Å². The van der Waals surface area contributed by atoms with E-state index in [1.165, 1.54) is 0 Å². The molecule has 0 radical (unpaired) electrons. The second-order valence-electron chi connectivity index (χ2n) is 7.62. The smallest absolute Gasteiger partial charge is 0.253 e. The van der Waals surface area contributed by atoms with Crippen LogP contribution in [0.1, 0.15) is 37.6 Å². The molecule has 1 aromatic rings. The first-order valence-corrected chi connectivity index (χ1v) is 10.0. The normalized spacial score (nSPS) is 20.1. The predicted octanol–water partition coefficient (Wildman–Crippen LogP) is 1.63. The van der Waals surface area contributed by atoms with Crippen molar-refractivity contribution in [2.24, 2.45) is 5.92 Å². The predicted molar refractivity (Wildman–Crippen MR) is 105 cm³/mol. The van der Waals surface area contributed by atoms with Crippen LogP contribution in [0.4, 0.5) is 0 Å². The highest BCUT2D eigenvalue weighted by atomic mass is 16.5. The maximum Gasteiger partial charge on any atom is 0.253 e. The highest BCUT2D eigenvalue weighted by Crippen LogP contribution is 2.23. The lowest BCUT2D eigenvalue weighted by molar-refractivity contribution is -0.137. The second-order valence-corrected chi connectivity index (χ2v) is 7.62. The van der Waals surface area contributed by atoms with E-state index in [-0.39, 0.29) is 29.7 Å². The molecule has 0 spiro atoms. The molecule has 152 valence electrons. The molecule has 2 heterocycles. The van der Waals surface area contributed by atoms with Crippen molar-refractivity contribution in [1.82, 2.24) is 14.7 Å². The van der Waals surface area contributed by atoms with Crippen LogP contribution in [0.3, 0.4) is 0 Å². The van der Waals surface area contributed by atoms with Gasteiger partial charge >= 0.3 is 0 Å². The Morgan fingerprint density at radius 3 is 2.21 bits per heavy atom. The van der Waals surface area contributed by atoms with Crippen molar-refractivity contribution in [3.63, 3.8) is 0 Å². The summed E-state index contributed by atoms with van der Waals surface area (Å²) in [6.07, 6.45) is 0.294. The van der Waals surface area contributed by atoms with Crippen LogP contribution in [0.15, 0.2) is 24.3 Å². The van der Waals surface area contributed by atoms with Gasteiger partial charge in [-0.05, 0) is 45.0 Å². The summed E-state index contributed by atoms with van der Waals surface area (Å²) in [6, 6.07) is 7.27. The topological polar surface area (TPSA) is 70.2 Å². The van der Waals surface area contributed by atoms with E-state index in [0.29, 0.717) is 51.3 Å². The lowest BCUT2D eigenvalue weighted by Crippen LogP contribution is -2.52. The SMILES string of the molecule is CCOc1ccc(C(=O)N2CCN(C(=O)C3CC(=O)N(C(C)C)C3)CC2)cc1. The van der Waals surface area contributed by atoms with Gasteiger partial charge in [0.25, 0.3) is 5.91 Å². The average Bonchev–Trinajstić information content (AvgIpc) is 3.10. The van der Waals surface area contributed by atoms with Crippen LogP contribution in [-0.4, -0.2) is 77.8 Å². The van der Waals surface area contributed by atoms with E-state index in [0.717, 1.165) is 5.75 Å². The average molecular weight is 387 g/mol. The van der Waals surface area contributed by atoms with Crippen molar-refractivity contribution in [2.75, 3.05) is 39.3 Å². The zero-order valence-electron chi connectivity index (χ0n) is 16.9. The van der Waals surface area contributed by atoms with E-state index in [9.17, 15) is 14.4 Å². The third-order valence-corrected chi connectivity index (χ3v) is 5.42. The van der Waals surface area contributed by atoms with Crippen LogP contribution in [-0.2, 0) is 9.59 Å². The van der Waals surface area contributed by atoms with Gasteiger partial charge in [0.05, 0.1) is 12.5 Å². The molecule has 1 unspecified atom stereocenters. The van der Waals surface area contributed by atoms with E-state index in [4.69, 9.17) is 4.74 Å². The van der Waals surface area contributed by atoms with Gasteiger partial charge in [-0.15, -0.1) is 0 Å². The summed E-state index contributed by atoms with van der Waals surface area (Å²) in [7, 11) is 0. The Balaban J connectivity index is 1.53. The van der Waals surface area contributed by atoms with Crippen molar-refractivity contribution in [1.29, 1.82) is 0 Å². The summed E-state index contributed by atoms with van der Waals surface area (Å²) in [6.45, 7) is 8.97. The molecule has 3 rings (SSSR count). The molecule has 0 N–H and O–H groups in total. The number of carbonyl (C=O) groups is 3. The fraction of sp³-hybridized carbons (Fsp3) is 0.571. The van der Waals surface area contributed by atoms with Gasteiger partial charge in [-0.1, -0.05) is 0 Å². The minimum atomic E-state index is -0.261. The highest BCUT2D eigenvalue weighted by molar-refractivity contribution is 5.94. The fourth-order valence-electron chi connectivity index (χ4n) is 3.83. The molecule has 2 aliphatic rings. The number of amides is 3. The number of likely N-dealkylation sites (tertiary alicyclic amines) is 1. The van der Waals surface area contributed by atoms with Crippen molar-refractivity contribution in [3.8, 4) is 5.75 Å². The van der Waals surface area contributed by atoms with Crippen LogP contribution in [0.5, 0.6) is 5.75 Å². The highest BCUT2D eigenvalue weighted by Gasteiger charge is 2.38. The van der Waals surface area contributed by atoms with Gasteiger partial charge in [-0.3, -0.25) is 14.4 Å². The largest absolute Gasteiger partial charge is 0.494 e. The van der Waals surface area contributed by atoms with Gasteiger partial charge in [0.1, 0.15) is 5.75 Å². The van der Waals surface area contributed by atoms with Crippen molar-refractivity contribution < 1.29 is 19.1 Å². The second kappa shape index (κ2) is 8.63. The van der Waals surface area contributed by atoms with Crippen LogP contribution >= 0.6 is 0 Å². The minimum Gasteiger partial charge on any atom is -0.494 e. The zero-order valence-corrected chi connectivity index (χ0v) is 16.9. The van der Waals surface area contributed by atoms with Gasteiger partial charge < -0.3 is 19.4 Å². The molecule has 2 fully saturated rings. The first-order chi connectivity index (χ1) is 13.4. The third kappa shape index (κ3) is 4.29. The number of ether oxygens (including phenoxy) is 1. The number of nitrogens with zero attached hydrogens (tertiary/aromatic N) is 3. The summed E-state index contributed by atoms with van der Waals surface area (Å²) in [5, 5.41) is 0. The Kier molecular flexibility index (Phi) is 6.21. The Labute approximate surface area is 166 Å². The Hall–Kier alpha value is -2.57. The lowest BCUT2D eigenvalue weighted by atomic mass is 10.1. The number of hydrogen-bond donors (Lipinski definition) is 0. The molecule has 7 heteroatoms. The van der Waals surface area contributed by atoms with Crippen molar-refractivity contribution in [3.05, 3.63) is 29.8 Å².